The smallest absolute Gasteiger partial charge is 0.335 e. The van der Waals surface area contributed by atoms with Gasteiger partial charge >= 0.3 is 5.97 Å². The van der Waals surface area contributed by atoms with Crippen LogP contribution in [0.15, 0.2) is 58.3 Å². The number of benzene rings is 2. The van der Waals surface area contributed by atoms with E-state index in [1.54, 1.807) is 23.9 Å². The molecule has 0 fully saturated rings. The molecular formula is C16H16O2S. The SMILES string of the molecule is CC(C)c1ccc(Sc2ccc(C(=O)O)cc2)cc1. The Morgan fingerprint density at radius 1 is 0.947 bits per heavy atom. The molecule has 98 valence electrons. The van der Waals surface area contributed by atoms with Crippen LogP contribution in [0.4, 0.5) is 0 Å². The Bertz CT molecular complexity index is 556. The van der Waals surface area contributed by atoms with Crippen molar-refractivity contribution < 1.29 is 9.90 Å². The van der Waals surface area contributed by atoms with E-state index < -0.39 is 5.97 Å². The van der Waals surface area contributed by atoms with E-state index in [-0.39, 0.29) is 0 Å². The van der Waals surface area contributed by atoms with Gasteiger partial charge in [-0.25, -0.2) is 4.79 Å². The number of hydrogen-bond donors (Lipinski definition) is 1. The van der Waals surface area contributed by atoms with Crippen molar-refractivity contribution in [1.29, 1.82) is 0 Å². The van der Waals surface area contributed by atoms with E-state index in [4.69, 9.17) is 5.11 Å². The highest BCUT2D eigenvalue weighted by Crippen LogP contribution is 2.29. The monoisotopic (exact) mass is 272 g/mol. The second-order valence-corrected chi connectivity index (χ2v) is 5.80. The van der Waals surface area contributed by atoms with E-state index in [0.29, 0.717) is 11.5 Å². The summed E-state index contributed by atoms with van der Waals surface area (Å²) in [5.74, 6) is -0.355. The van der Waals surface area contributed by atoms with Gasteiger partial charge in [-0.05, 0) is 47.9 Å². The first-order chi connectivity index (χ1) is 9.06. The second kappa shape index (κ2) is 5.93. The maximum Gasteiger partial charge on any atom is 0.335 e. The van der Waals surface area contributed by atoms with Gasteiger partial charge in [-0.15, -0.1) is 0 Å². The Morgan fingerprint density at radius 3 is 1.84 bits per heavy atom. The van der Waals surface area contributed by atoms with Crippen molar-refractivity contribution in [2.75, 3.05) is 0 Å². The summed E-state index contributed by atoms with van der Waals surface area (Å²) in [7, 11) is 0. The van der Waals surface area contributed by atoms with Crippen molar-refractivity contribution in [3.8, 4) is 0 Å². The lowest BCUT2D eigenvalue weighted by Gasteiger charge is -2.07. The number of carbonyl (C=O) groups is 1. The highest BCUT2D eigenvalue weighted by atomic mass is 32.2. The zero-order valence-corrected chi connectivity index (χ0v) is 11.8. The van der Waals surface area contributed by atoms with Gasteiger partial charge in [-0.2, -0.15) is 0 Å². The third-order valence-electron chi connectivity index (χ3n) is 2.88. The van der Waals surface area contributed by atoms with Crippen LogP contribution in [-0.4, -0.2) is 11.1 Å². The number of rotatable bonds is 4. The summed E-state index contributed by atoms with van der Waals surface area (Å²) in [6.45, 7) is 4.35. The summed E-state index contributed by atoms with van der Waals surface area (Å²) in [6.07, 6.45) is 0. The van der Waals surface area contributed by atoms with Gasteiger partial charge in [0.2, 0.25) is 0 Å². The molecule has 3 heteroatoms. The molecule has 0 atom stereocenters. The molecule has 0 aliphatic heterocycles. The van der Waals surface area contributed by atoms with Crippen LogP contribution in [0, 0.1) is 0 Å². The first-order valence-corrected chi connectivity index (χ1v) is 6.99. The Kier molecular flexibility index (Phi) is 4.27. The number of hydrogen-bond acceptors (Lipinski definition) is 2. The molecule has 2 nitrogen and oxygen atoms in total. The minimum Gasteiger partial charge on any atom is -0.478 e. The summed E-state index contributed by atoms with van der Waals surface area (Å²) < 4.78 is 0. The van der Waals surface area contributed by atoms with Gasteiger partial charge in [-0.3, -0.25) is 0 Å². The van der Waals surface area contributed by atoms with Gasteiger partial charge in [0.15, 0.2) is 0 Å². The molecule has 19 heavy (non-hydrogen) atoms. The zero-order valence-electron chi connectivity index (χ0n) is 11.0. The average Bonchev–Trinajstić information content (AvgIpc) is 2.40. The van der Waals surface area contributed by atoms with Crippen molar-refractivity contribution in [1.82, 2.24) is 0 Å². The van der Waals surface area contributed by atoms with Crippen LogP contribution < -0.4 is 0 Å². The minimum atomic E-state index is -0.891. The van der Waals surface area contributed by atoms with Crippen LogP contribution in [0.3, 0.4) is 0 Å². The topological polar surface area (TPSA) is 37.3 Å². The van der Waals surface area contributed by atoms with Gasteiger partial charge in [0.1, 0.15) is 0 Å². The number of carboxylic acid groups (broad SMARTS) is 1. The fourth-order valence-corrected chi connectivity index (χ4v) is 2.54. The van der Waals surface area contributed by atoms with Crippen molar-refractivity contribution >= 4 is 17.7 Å². The second-order valence-electron chi connectivity index (χ2n) is 4.66. The molecule has 0 spiro atoms. The predicted molar refractivity (Wildman–Crippen MR) is 78.1 cm³/mol. The van der Waals surface area contributed by atoms with E-state index in [9.17, 15) is 4.79 Å². The van der Waals surface area contributed by atoms with Crippen LogP contribution >= 0.6 is 11.8 Å². The van der Waals surface area contributed by atoms with Crippen molar-refractivity contribution in [3.05, 3.63) is 59.7 Å². The first-order valence-electron chi connectivity index (χ1n) is 6.17. The maximum absolute atomic E-state index is 10.8. The van der Waals surface area contributed by atoms with Gasteiger partial charge in [0.25, 0.3) is 0 Å². The molecule has 0 aliphatic carbocycles. The lowest BCUT2D eigenvalue weighted by atomic mass is 10.0. The fraction of sp³-hybridized carbons (Fsp3) is 0.188. The lowest BCUT2D eigenvalue weighted by molar-refractivity contribution is 0.0697. The van der Waals surface area contributed by atoms with E-state index in [2.05, 4.69) is 38.1 Å². The Morgan fingerprint density at radius 2 is 1.42 bits per heavy atom. The van der Waals surface area contributed by atoms with Crippen LogP contribution in [0.5, 0.6) is 0 Å². The normalized spacial score (nSPS) is 10.7. The first kappa shape index (κ1) is 13.7. The molecule has 0 saturated carbocycles. The van der Waals surface area contributed by atoms with Crippen molar-refractivity contribution in [2.45, 2.75) is 29.6 Å². The third-order valence-corrected chi connectivity index (χ3v) is 3.90. The lowest BCUT2D eigenvalue weighted by Crippen LogP contribution is -1.94. The maximum atomic E-state index is 10.8. The molecule has 2 rings (SSSR count). The predicted octanol–water partition coefficient (Wildman–Crippen LogP) is 4.66. The molecule has 0 radical (unpaired) electrons. The molecule has 0 aliphatic rings. The van der Waals surface area contributed by atoms with Crippen molar-refractivity contribution in [3.63, 3.8) is 0 Å². The minimum absolute atomic E-state index is 0.319. The van der Waals surface area contributed by atoms with Gasteiger partial charge in [-0.1, -0.05) is 37.7 Å². The third kappa shape index (κ3) is 3.61. The van der Waals surface area contributed by atoms with Crippen LogP contribution in [-0.2, 0) is 0 Å². The van der Waals surface area contributed by atoms with Gasteiger partial charge in [0, 0.05) is 9.79 Å². The molecule has 0 aromatic heterocycles. The fourth-order valence-electron chi connectivity index (χ4n) is 1.72. The standard InChI is InChI=1S/C16H16O2S/c1-11(2)12-3-7-14(8-4-12)19-15-9-5-13(6-10-15)16(17)18/h3-11H,1-2H3,(H,17,18). The molecule has 2 aromatic carbocycles. The van der Waals surface area contributed by atoms with Crippen LogP contribution in [0.1, 0.15) is 35.7 Å². The molecule has 0 heterocycles. The summed E-state index contributed by atoms with van der Waals surface area (Å²) >= 11 is 1.64. The Hall–Kier alpha value is -1.74. The Labute approximate surface area is 117 Å². The molecule has 1 N–H and O–H groups in total. The molecule has 0 saturated heterocycles. The molecular weight excluding hydrogens is 256 g/mol. The van der Waals surface area contributed by atoms with Gasteiger partial charge < -0.3 is 5.11 Å². The molecule has 2 aromatic rings. The molecule has 0 amide bonds. The molecule has 0 unspecified atom stereocenters. The number of aromatic carboxylic acids is 1. The summed E-state index contributed by atoms with van der Waals surface area (Å²) in [5.41, 5.74) is 1.64. The highest BCUT2D eigenvalue weighted by Gasteiger charge is 2.03. The largest absolute Gasteiger partial charge is 0.478 e. The van der Waals surface area contributed by atoms with E-state index in [1.807, 2.05) is 12.1 Å². The average molecular weight is 272 g/mol. The van der Waals surface area contributed by atoms with E-state index in [0.717, 1.165) is 9.79 Å². The summed E-state index contributed by atoms with van der Waals surface area (Å²) in [5, 5.41) is 8.84. The van der Waals surface area contributed by atoms with Gasteiger partial charge in [0.05, 0.1) is 5.56 Å². The van der Waals surface area contributed by atoms with Crippen LogP contribution in [0.25, 0.3) is 0 Å². The summed E-state index contributed by atoms with van der Waals surface area (Å²) in [4.78, 5) is 13.0. The van der Waals surface area contributed by atoms with E-state index >= 15 is 0 Å². The highest BCUT2D eigenvalue weighted by molar-refractivity contribution is 7.99. The van der Waals surface area contributed by atoms with Crippen LogP contribution in [0.2, 0.25) is 0 Å². The quantitative estimate of drug-likeness (QED) is 0.879. The summed E-state index contributed by atoms with van der Waals surface area (Å²) in [6, 6.07) is 15.4. The number of carboxylic acids is 1. The Balaban J connectivity index is 2.10. The molecule has 0 bridgehead atoms. The van der Waals surface area contributed by atoms with E-state index in [1.165, 1.54) is 5.56 Å². The van der Waals surface area contributed by atoms with Crippen molar-refractivity contribution in [2.24, 2.45) is 0 Å². The zero-order chi connectivity index (χ0) is 13.8.